The Labute approximate surface area is 131 Å². The van der Waals surface area contributed by atoms with Crippen molar-refractivity contribution in [3.05, 3.63) is 65.3 Å². The van der Waals surface area contributed by atoms with E-state index in [1.807, 2.05) is 36.4 Å². The lowest BCUT2D eigenvalue weighted by Gasteiger charge is -2.01. The van der Waals surface area contributed by atoms with E-state index in [0.29, 0.717) is 16.2 Å². The van der Waals surface area contributed by atoms with Gasteiger partial charge in [0, 0.05) is 22.5 Å². The molecule has 0 radical (unpaired) electrons. The number of benzene rings is 2. The molecule has 0 saturated heterocycles. The minimum absolute atomic E-state index is 0.590. The Bertz CT molecular complexity index is 1040. The first-order valence-corrected chi connectivity index (χ1v) is 7.12. The zero-order valence-electron chi connectivity index (χ0n) is 11.4. The maximum Gasteiger partial charge on any atom is 0.144 e. The summed E-state index contributed by atoms with van der Waals surface area (Å²) in [4.78, 5) is 4.35. The zero-order chi connectivity index (χ0) is 15.1. The van der Waals surface area contributed by atoms with Crippen molar-refractivity contribution in [2.75, 3.05) is 0 Å². The zero-order valence-corrected chi connectivity index (χ0v) is 12.1. The second-order valence-corrected chi connectivity index (χ2v) is 5.37. The van der Waals surface area contributed by atoms with E-state index in [-0.39, 0.29) is 0 Å². The lowest BCUT2D eigenvalue weighted by molar-refractivity contribution is 0.670. The highest BCUT2D eigenvalue weighted by molar-refractivity contribution is 6.30. The number of aromatic nitrogens is 1. The third-order valence-electron chi connectivity index (χ3n) is 3.65. The average molecular weight is 305 g/mol. The standard InChI is InChI=1S/C18H9ClN2O/c19-12-7-8-15(21-10-12)13-4-2-5-14-17-11(9-20)3-1-6-16(17)22-18(13)14/h1-8,10H. The third-order valence-corrected chi connectivity index (χ3v) is 3.87. The molecule has 104 valence electrons. The van der Waals surface area contributed by atoms with Crippen LogP contribution in [0.15, 0.2) is 59.1 Å². The first-order chi connectivity index (χ1) is 10.8. The molecule has 0 saturated carbocycles. The van der Waals surface area contributed by atoms with Gasteiger partial charge in [-0.15, -0.1) is 0 Å². The summed E-state index contributed by atoms with van der Waals surface area (Å²) in [5.41, 5.74) is 3.71. The molecule has 22 heavy (non-hydrogen) atoms. The fourth-order valence-electron chi connectivity index (χ4n) is 2.68. The Morgan fingerprint density at radius 1 is 1.05 bits per heavy atom. The molecule has 0 aliphatic heterocycles. The van der Waals surface area contributed by atoms with Gasteiger partial charge in [0.15, 0.2) is 0 Å². The second-order valence-electron chi connectivity index (χ2n) is 4.94. The molecule has 4 rings (SSSR count). The van der Waals surface area contributed by atoms with E-state index in [0.717, 1.165) is 27.6 Å². The van der Waals surface area contributed by atoms with Crippen molar-refractivity contribution in [2.45, 2.75) is 0 Å². The van der Waals surface area contributed by atoms with Gasteiger partial charge in [-0.2, -0.15) is 5.26 Å². The predicted molar refractivity (Wildman–Crippen MR) is 86.7 cm³/mol. The van der Waals surface area contributed by atoms with Gasteiger partial charge < -0.3 is 4.42 Å². The Morgan fingerprint density at radius 2 is 1.91 bits per heavy atom. The molecule has 2 aromatic heterocycles. The topological polar surface area (TPSA) is 49.8 Å². The predicted octanol–water partition coefficient (Wildman–Crippen LogP) is 5.17. The van der Waals surface area contributed by atoms with E-state index < -0.39 is 0 Å². The van der Waals surface area contributed by atoms with Crippen molar-refractivity contribution in [2.24, 2.45) is 0 Å². The third kappa shape index (κ3) is 1.86. The molecule has 0 fully saturated rings. The summed E-state index contributed by atoms with van der Waals surface area (Å²) in [6.07, 6.45) is 1.61. The fourth-order valence-corrected chi connectivity index (χ4v) is 2.79. The first kappa shape index (κ1) is 12.9. The van der Waals surface area contributed by atoms with Gasteiger partial charge in [0.1, 0.15) is 11.2 Å². The molecule has 0 unspecified atom stereocenters. The number of hydrogen-bond acceptors (Lipinski definition) is 3. The molecule has 2 heterocycles. The van der Waals surface area contributed by atoms with E-state index >= 15 is 0 Å². The van der Waals surface area contributed by atoms with Crippen LogP contribution in [0.5, 0.6) is 0 Å². The van der Waals surface area contributed by atoms with Crippen LogP contribution in [0.2, 0.25) is 5.02 Å². The van der Waals surface area contributed by atoms with Crippen LogP contribution in [0.4, 0.5) is 0 Å². The van der Waals surface area contributed by atoms with Crippen LogP contribution in [-0.2, 0) is 0 Å². The van der Waals surface area contributed by atoms with Crippen LogP contribution < -0.4 is 0 Å². The summed E-state index contributed by atoms with van der Waals surface area (Å²) in [5.74, 6) is 0. The Kier molecular flexibility index (Phi) is 2.85. The molecule has 2 aromatic carbocycles. The minimum Gasteiger partial charge on any atom is -0.455 e. The second kappa shape index (κ2) is 4.87. The number of hydrogen-bond donors (Lipinski definition) is 0. The number of halogens is 1. The van der Waals surface area contributed by atoms with Crippen LogP contribution in [0, 0.1) is 11.3 Å². The fraction of sp³-hybridized carbons (Fsp3) is 0. The van der Waals surface area contributed by atoms with Crippen LogP contribution >= 0.6 is 11.6 Å². The van der Waals surface area contributed by atoms with E-state index in [1.165, 1.54) is 0 Å². The van der Waals surface area contributed by atoms with Crippen molar-refractivity contribution >= 4 is 33.5 Å². The summed E-state index contributed by atoms with van der Waals surface area (Å²) >= 11 is 5.90. The molecule has 0 bridgehead atoms. The molecule has 0 spiro atoms. The van der Waals surface area contributed by atoms with E-state index in [4.69, 9.17) is 16.0 Å². The lowest BCUT2D eigenvalue weighted by atomic mass is 10.0. The van der Waals surface area contributed by atoms with Gasteiger partial charge in [0.25, 0.3) is 0 Å². The summed E-state index contributed by atoms with van der Waals surface area (Å²) in [5, 5.41) is 11.7. The largest absolute Gasteiger partial charge is 0.455 e. The molecule has 0 atom stereocenters. The van der Waals surface area contributed by atoms with Crippen LogP contribution in [0.3, 0.4) is 0 Å². The van der Waals surface area contributed by atoms with Gasteiger partial charge in [-0.3, -0.25) is 4.98 Å². The normalized spacial score (nSPS) is 10.9. The quantitative estimate of drug-likeness (QED) is 0.487. The molecule has 0 amide bonds. The molecular weight excluding hydrogens is 296 g/mol. The van der Waals surface area contributed by atoms with Crippen molar-refractivity contribution < 1.29 is 4.42 Å². The van der Waals surface area contributed by atoms with Gasteiger partial charge in [-0.05, 0) is 30.3 Å². The van der Waals surface area contributed by atoms with Crippen molar-refractivity contribution in [1.29, 1.82) is 5.26 Å². The number of nitrogens with zero attached hydrogens (tertiary/aromatic N) is 2. The Balaban J connectivity index is 2.10. The highest BCUT2D eigenvalue weighted by Gasteiger charge is 2.15. The molecule has 4 heteroatoms. The van der Waals surface area contributed by atoms with Gasteiger partial charge in [0.2, 0.25) is 0 Å². The highest BCUT2D eigenvalue weighted by Crippen LogP contribution is 2.36. The van der Waals surface area contributed by atoms with E-state index in [1.54, 1.807) is 18.3 Å². The van der Waals surface area contributed by atoms with E-state index in [9.17, 15) is 5.26 Å². The Morgan fingerprint density at radius 3 is 2.68 bits per heavy atom. The average Bonchev–Trinajstić information content (AvgIpc) is 2.94. The minimum atomic E-state index is 0.590. The SMILES string of the molecule is N#Cc1cccc2oc3c(-c4ccc(Cl)cn4)cccc3c12. The number of pyridine rings is 1. The van der Waals surface area contributed by atoms with Gasteiger partial charge in [-0.1, -0.05) is 29.8 Å². The highest BCUT2D eigenvalue weighted by atomic mass is 35.5. The molecule has 0 aliphatic rings. The summed E-state index contributed by atoms with van der Waals surface area (Å²) < 4.78 is 5.99. The Hall–Kier alpha value is -2.83. The van der Waals surface area contributed by atoms with Crippen LogP contribution in [0.1, 0.15) is 5.56 Å². The number of fused-ring (bicyclic) bond motifs is 3. The number of rotatable bonds is 1. The first-order valence-electron chi connectivity index (χ1n) is 6.74. The van der Waals surface area contributed by atoms with Gasteiger partial charge >= 0.3 is 0 Å². The lowest BCUT2D eigenvalue weighted by Crippen LogP contribution is -1.83. The smallest absolute Gasteiger partial charge is 0.144 e. The van der Waals surface area contributed by atoms with Crippen molar-refractivity contribution in [3.8, 4) is 17.3 Å². The van der Waals surface area contributed by atoms with Gasteiger partial charge in [0.05, 0.1) is 22.3 Å². The van der Waals surface area contributed by atoms with Crippen molar-refractivity contribution in [3.63, 3.8) is 0 Å². The molecule has 4 aromatic rings. The van der Waals surface area contributed by atoms with Gasteiger partial charge in [-0.25, -0.2) is 0 Å². The molecule has 0 N–H and O–H groups in total. The number of furan rings is 1. The summed E-state index contributed by atoms with van der Waals surface area (Å²) in [6, 6.07) is 17.2. The number of nitriles is 1. The summed E-state index contributed by atoms with van der Waals surface area (Å²) in [7, 11) is 0. The van der Waals surface area contributed by atoms with Crippen molar-refractivity contribution in [1.82, 2.24) is 4.98 Å². The molecule has 0 aliphatic carbocycles. The van der Waals surface area contributed by atoms with E-state index in [2.05, 4.69) is 11.1 Å². The molecular formula is C18H9ClN2O. The van der Waals surface area contributed by atoms with Crippen LogP contribution in [0.25, 0.3) is 33.2 Å². The maximum atomic E-state index is 9.31. The maximum absolute atomic E-state index is 9.31. The molecule has 3 nitrogen and oxygen atoms in total. The summed E-state index contributed by atoms with van der Waals surface area (Å²) in [6.45, 7) is 0. The monoisotopic (exact) mass is 304 g/mol. The van der Waals surface area contributed by atoms with Crippen LogP contribution in [-0.4, -0.2) is 4.98 Å². The number of para-hydroxylation sites is 1.